The van der Waals surface area contributed by atoms with Gasteiger partial charge < -0.3 is 4.42 Å². The SMILES string of the molecule is [2H]C([2H])([2H])c1ccc(-c2nc3ccccc3n2-c2c(C(C)C)cc(-c3ccc(-c4c(C)cc(C(C)(C)C)cc4C)cc3)cc2C(C)C)c2oc3cc4c(ccc5ccccc54)cc3c12. The molecule has 0 saturated carbocycles. The molecule has 10 aromatic rings. The van der Waals surface area contributed by atoms with E-state index in [1.807, 2.05) is 24.3 Å². The molecule has 2 aromatic heterocycles. The highest BCUT2D eigenvalue weighted by atomic mass is 16.3. The summed E-state index contributed by atoms with van der Waals surface area (Å²) in [4.78, 5) is 5.38. The molecule has 0 radical (unpaired) electrons. The maximum atomic E-state index is 8.69. The van der Waals surface area contributed by atoms with E-state index in [0.717, 1.165) is 49.2 Å². The number of benzene rings is 8. The fourth-order valence-electron chi connectivity index (χ4n) is 9.66. The van der Waals surface area contributed by atoms with Crippen LogP contribution in [-0.4, -0.2) is 9.55 Å². The van der Waals surface area contributed by atoms with Crippen LogP contribution in [0.1, 0.15) is 97.8 Å². The summed E-state index contributed by atoms with van der Waals surface area (Å²) in [7, 11) is 0. The predicted octanol–water partition coefficient (Wildman–Crippen LogP) is 16.7. The molecule has 0 amide bonds. The molecule has 0 atom stereocenters. The van der Waals surface area contributed by atoms with Crippen LogP contribution < -0.4 is 0 Å². The smallest absolute Gasteiger partial charge is 0.149 e. The molecule has 0 unspecified atom stereocenters. The quantitative estimate of drug-likeness (QED) is 0.157. The topological polar surface area (TPSA) is 31.0 Å². The Balaban J connectivity index is 1.19. The van der Waals surface area contributed by atoms with E-state index < -0.39 is 6.85 Å². The van der Waals surface area contributed by atoms with Crippen molar-refractivity contribution in [3.63, 3.8) is 0 Å². The van der Waals surface area contributed by atoms with Gasteiger partial charge in [-0.2, -0.15) is 0 Å². The molecular weight excluding hydrogens is 741 g/mol. The first kappa shape index (κ1) is 35.3. The number of hydrogen-bond acceptors (Lipinski definition) is 2. The second-order valence-corrected chi connectivity index (χ2v) is 18.7. The standard InChI is InChI=1S/C58H54N2O/c1-33(2)46-30-42(38-20-23-40(24-21-38)53-36(6)27-43(28-37(53)7)58(8,9)10)31-47(34(3)4)55(46)60-51-18-14-13-17-50(51)59-57(60)45-26-19-35(5)54-49-29-41-25-22-39-15-11-12-16-44(39)48(41)32-52(49)61-56(45)54/h11-34H,1-10H3/i5D3. The maximum absolute atomic E-state index is 8.69. The van der Waals surface area contributed by atoms with Gasteiger partial charge in [0.25, 0.3) is 0 Å². The highest BCUT2D eigenvalue weighted by Gasteiger charge is 2.26. The molecular formula is C58H54N2O. The molecule has 0 fully saturated rings. The number of aryl methyl sites for hydroxylation is 3. The fraction of sp³-hybridized carbons (Fsp3) is 0.224. The van der Waals surface area contributed by atoms with Crippen molar-refractivity contribution in [2.75, 3.05) is 0 Å². The van der Waals surface area contributed by atoms with Crippen LogP contribution in [0.3, 0.4) is 0 Å². The molecule has 2 heterocycles. The Morgan fingerprint density at radius 1 is 0.607 bits per heavy atom. The summed E-state index contributed by atoms with van der Waals surface area (Å²) >= 11 is 0. The zero-order valence-corrected chi connectivity index (χ0v) is 36.7. The fourth-order valence-corrected chi connectivity index (χ4v) is 9.66. The van der Waals surface area contributed by atoms with Gasteiger partial charge in [-0.1, -0.05) is 139 Å². The van der Waals surface area contributed by atoms with Gasteiger partial charge >= 0.3 is 0 Å². The van der Waals surface area contributed by atoms with Crippen LogP contribution >= 0.6 is 0 Å². The molecule has 0 aliphatic heterocycles. The third kappa shape index (κ3) is 6.36. The average molecular weight is 798 g/mol. The molecule has 0 bridgehead atoms. The van der Waals surface area contributed by atoms with Crippen molar-refractivity contribution in [3.05, 3.63) is 167 Å². The summed E-state index contributed by atoms with van der Waals surface area (Å²) in [5.41, 5.74) is 16.4. The molecule has 8 aromatic carbocycles. The van der Waals surface area contributed by atoms with E-state index in [0.29, 0.717) is 22.4 Å². The van der Waals surface area contributed by atoms with Crippen LogP contribution in [0.15, 0.2) is 138 Å². The van der Waals surface area contributed by atoms with Crippen molar-refractivity contribution >= 4 is 54.5 Å². The first-order valence-corrected chi connectivity index (χ1v) is 21.7. The lowest BCUT2D eigenvalue weighted by Gasteiger charge is -2.24. The van der Waals surface area contributed by atoms with E-state index >= 15 is 0 Å². The first-order valence-electron chi connectivity index (χ1n) is 23.2. The van der Waals surface area contributed by atoms with Crippen LogP contribution in [-0.2, 0) is 5.41 Å². The Hall–Kier alpha value is -6.45. The molecule has 10 rings (SSSR count). The van der Waals surface area contributed by atoms with Crippen LogP contribution in [0.4, 0.5) is 0 Å². The molecule has 0 spiro atoms. The highest BCUT2D eigenvalue weighted by Crippen LogP contribution is 2.45. The summed E-state index contributed by atoms with van der Waals surface area (Å²) in [6.45, 7) is 18.0. The van der Waals surface area contributed by atoms with Gasteiger partial charge in [-0.25, -0.2) is 4.98 Å². The number of rotatable bonds is 6. The molecule has 0 N–H and O–H groups in total. The van der Waals surface area contributed by atoms with E-state index in [9.17, 15) is 0 Å². The number of hydrogen-bond donors (Lipinski definition) is 0. The highest BCUT2D eigenvalue weighted by molar-refractivity contribution is 6.18. The minimum atomic E-state index is -2.37. The van der Waals surface area contributed by atoms with Crippen molar-refractivity contribution in [2.24, 2.45) is 0 Å². The van der Waals surface area contributed by atoms with Crippen molar-refractivity contribution in [3.8, 4) is 39.3 Å². The number of furan rings is 1. The van der Waals surface area contributed by atoms with Crippen LogP contribution in [0.2, 0.25) is 0 Å². The van der Waals surface area contributed by atoms with Gasteiger partial charge in [0.15, 0.2) is 0 Å². The Kier molecular flexibility index (Phi) is 8.30. The average Bonchev–Trinajstić information content (AvgIpc) is 3.82. The van der Waals surface area contributed by atoms with Crippen molar-refractivity contribution in [2.45, 2.75) is 86.4 Å². The predicted molar refractivity (Wildman–Crippen MR) is 261 cm³/mol. The molecule has 61 heavy (non-hydrogen) atoms. The lowest BCUT2D eigenvalue weighted by molar-refractivity contribution is 0.589. The number of aromatic nitrogens is 2. The van der Waals surface area contributed by atoms with Gasteiger partial charge in [0.2, 0.25) is 0 Å². The van der Waals surface area contributed by atoms with Gasteiger partial charge in [-0.3, -0.25) is 4.57 Å². The van der Waals surface area contributed by atoms with E-state index in [1.54, 1.807) is 6.07 Å². The lowest BCUT2D eigenvalue weighted by Crippen LogP contribution is -2.12. The second kappa shape index (κ2) is 14.3. The number of nitrogens with zero attached hydrogens (tertiary/aromatic N) is 2. The summed E-state index contributed by atoms with van der Waals surface area (Å²) in [6.07, 6.45) is 0. The van der Waals surface area contributed by atoms with E-state index in [4.69, 9.17) is 13.5 Å². The van der Waals surface area contributed by atoms with Gasteiger partial charge in [0.05, 0.1) is 22.3 Å². The third-order valence-corrected chi connectivity index (χ3v) is 12.8. The van der Waals surface area contributed by atoms with Crippen LogP contribution in [0.25, 0.3) is 93.8 Å². The van der Waals surface area contributed by atoms with Crippen molar-refractivity contribution < 1.29 is 8.53 Å². The number of imidazole rings is 1. The van der Waals surface area contributed by atoms with E-state index in [2.05, 4.69) is 170 Å². The Bertz CT molecular complexity index is 3430. The first-order chi connectivity index (χ1) is 30.5. The Labute approximate surface area is 363 Å². The van der Waals surface area contributed by atoms with Crippen LogP contribution in [0, 0.1) is 20.7 Å². The lowest BCUT2D eigenvalue weighted by atomic mass is 9.82. The van der Waals surface area contributed by atoms with Gasteiger partial charge in [0, 0.05) is 14.9 Å². The molecule has 0 aliphatic carbocycles. The van der Waals surface area contributed by atoms with Crippen LogP contribution in [0.5, 0.6) is 0 Å². The van der Waals surface area contributed by atoms with Gasteiger partial charge in [-0.05, 0) is 158 Å². The molecule has 302 valence electrons. The minimum Gasteiger partial charge on any atom is -0.455 e. The molecule has 0 saturated heterocycles. The normalized spacial score (nSPS) is 13.3. The second-order valence-electron chi connectivity index (χ2n) is 18.7. The third-order valence-electron chi connectivity index (χ3n) is 12.8. The zero-order valence-electron chi connectivity index (χ0n) is 39.7. The van der Waals surface area contributed by atoms with E-state index in [-0.39, 0.29) is 22.8 Å². The summed E-state index contributed by atoms with van der Waals surface area (Å²) in [5, 5.41) is 5.73. The molecule has 3 nitrogen and oxygen atoms in total. The van der Waals surface area contributed by atoms with Gasteiger partial charge in [-0.15, -0.1) is 0 Å². The minimum absolute atomic E-state index is 0.0890. The Morgan fingerprint density at radius 2 is 1.26 bits per heavy atom. The summed E-state index contributed by atoms with van der Waals surface area (Å²) < 4.78 is 35.3. The maximum Gasteiger partial charge on any atom is 0.149 e. The molecule has 0 aliphatic rings. The molecule has 3 heteroatoms. The number of para-hydroxylation sites is 2. The largest absolute Gasteiger partial charge is 0.455 e. The summed E-state index contributed by atoms with van der Waals surface area (Å²) in [6, 6.07) is 47.2. The van der Waals surface area contributed by atoms with Gasteiger partial charge in [0.1, 0.15) is 17.0 Å². The van der Waals surface area contributed by atoms with Crippen molar-refractivity contribution in [1.82, 2.24) is 9.55 Å². The van der Waals surface area contributed by atoms with E-state index in [1.165, 1.54) is 50.1 Å². The Morgan fingerprint density at radius 3 is 1.95 bits per heavy atom. The van der Waals surface area contributed by atoms with Crippen molar-refractivity contribution in [1.29, 1.82) is 0 Å². The zero-order chi connectivity index (χ0) is 45.0. The summed E-state index contributed by atoms with van der Waals surface area (Å²) in [5.74, 6) is 1.04. The number of fused-ring (bicyclic) bond motifs is 7. The monoisotopic (exact) mass is 797 g/mol.